The van der Waals surface area contributed by atoms with Crippen LogP contribution in [0.1, 0.15) is 10.6 Å². The maximum atomic E-state index is 10.6. The van der Waals surface area contributed by atoms with Crippen LogP contribution in [0.4, 0.5) is 5.69 Å². The summed E-state index contributed by atoms with van der Waals surface area (Å²) >= 11 is 5.81. The van der Waals surface area contributed by atoms with Gasteiger partial charge in [-0.1, -0.05) is 11.6 Å². The fourth-order valence-electron chi connectivity index (χ4n) is 1.24. The van der Waals surface area contributed by atoms with Gasteiger partial charge in [-0.2, -0.15) is 0 Å². The molecule has 2 aromatic rings. The van der Waals surface area contributed by atoms with Crippen molar-refractivity contribution in [2.24, 2.45) is 0 Å². The van der Waals surface area contributed by atoms with E-state index in [0.717, 1.165) is 0 Å². The molecule has 0 fully saturated rings. The predicted molar refractivity (Wildman–Crippen MR) is 52.6 cm³/mol. The lowest BCUT2D eigenvalue weighted by molar-refractivity contribution is 0.0665. The summed E-state index contributed by atoms with van der Waals surface area (Å²) in [6, 6.07) is 4.51. The molecule has 0 atom stereocenters. The quantitative estimate of drug-likeness (QED) is 0.710. The van der Waals surface area contributed by atoms with Crippen LogP contribution in [0.2, 0.25) is 5.02 Å². The number of carboxylic acid groups (broad SMARTS) is 1. The SMILES string of the molecule is Nc1cc(Cl)c2oc(C(=O)O)cc2c1. The Labute approximate surface area is 83.9 Å². The van der Waals surface area contributed by atoms with Gasteiger partial charge < -0.3 is 15.3 Å². The number of fused-ring (bicyclic) bond motifs is 1. The Balaban J connectivity index is 2.76. The molecule has 72 valence electrons. The molecule has 1 heterocycles. The smallest absolute Gasteiger partial charge is 0.371 e. The van der Waals surface area contributed by atoms with Crippen molar-refractivity contribution in [2.75, 3.05) is 5.73 Å². The molecule has 5 heteroatoms. The second-order valence-corrected chi connectivity index (χ2v) is 3.24. The summed E-state index contributed by atoms with van der Waals surface area (Å²) in [5.74, 6) is -1.27. The Morgan fingerprint density at radius 2 is 2.14 bits per heavy atom. The van der Waals surface area contributed by atoms with E-state index >= 15 is 0 Å². The zero-order valence-electron chi connectivity index (χ0n) is 6.95. The van der Waals surface area contributed by atoms with Crippen molar-refractivity contribution in [3.05, 3.63) is 29.0 Å². The molecule has 2 rings (SSSR count). The van der Waals surface area contributed by atoms with Gasteiger partial charge in [0.1, 0.15) is 0 Å². The van der Waals surface area contributed by atoms with Crippen LogP contribution in [-0.4, -0.2) is 11.1 Å². The third kappa shape index (κ3) is 1.29. The van der Waals surface area contributed by atoms with Gasteiger partial charge in [-0.3, -0.25) is 0 Å². The fourth-order valence-corrected chi connectivity index (χ4v) is 1.51. The van der Waals surface area contributed by atoms with Crippen LogP contribution >= 0.6 is 11.6 Å². The van der Waals surface area contributed by atoms with E-state index in [2.05, 4.69) is 0 Å². The van der Waals surface area contributed by atoms with Crippen LogP contribution < -0.4 is 5.73 Å². The molecule has 0 spiro atoms. The maximum absolute atomic E-state index is 10.6. The molecule has 1 aromatic heterocycles. The zero-order chi connectivity index (χ0) is 10.3. The number of nitrogen functional groups attached to an aromatic ring is 1. The third-order valence-electron chi connectivity index (χ3n) is 1.80. The second-order valence-electron chi connectivity index (χ2n) is 2.84. The van der Waals surface area contributed by atoms with Crippen molar-refractivity contribution in [3.63, 3.8) is 0 Å². The van der Waals surface area contributed by atoms with E-state index in [1.807, 2.05) is 0 Å². The summed E-state index contributed by atoms with van der Waals surface area (Å²) in [6.07, 6.45) is 0. The van der Waals surface area contributed by atoms with E-state index in [4.69, 9.17) is 26.9 Å². The van der Waals surface area contributed by atoms with Crippen molar-refractivity contribution in [3.8, 4) is 0 Å². The number of carbonyl (C=O) groups is 1. The maximum Gasteiger partial charge on any atom is 0.371 e. The highest BCUT2D eigenvalue weighted by Gasteiger charge is 2.12. The molecule has 0 bridgehead atoms. The van der Waals surface area contributed by atoms with Crippen molar-refractivity contribution in [2.45, 2.75) is 0 Å². The van der Waals surface area contributed by atoms with Gasteiger partial charge >= 0.3 is 5.97 Å². The minimum absolute atomic E-state index is 0.146. The molecule has 0 radical (unpaired) electrons. The highest BCUT2D eigenvalue weighted by Crippen LogP contribution is 2.29. The lowest BCUT2D eigenvalue weighted by Crippen LogP contribution is -1.91. The first-order chi connectivity index (χ1) is 6.58. The summed E-state index contributed by atoms with van der Waals surface area (Å²) in [7, 11) is 0. The first-order valence-electron chi connectivity index (χ1n) is 3.80. The van der Waals surface area contributed by atoms with Gasteiger partial charge in [0.05, 0.1) is 5.02 Å². The first-order valence-corrected chi connectivity index (χ1v) is 4.17. The Hall–Kier alpha value is -1.68. The number of furan rings is 1. The topological polar surface area (TPSA) is 76.5 Å². The molecule has 4 nitrogen and oxygen atoms in total. The number of benzene rings is 1. The molecule has 0 aliphatic rings. The van der Waals surface area contributed by atoms with E-state index in [9.17, 15) is 4.79 Å². The first kappa shape index (κ1) is 8.90. The third-order valence-corrected chi connectivity index (χ3v) is 2.08. The average molecular weight is 212 g/mol. The number of carboxylic acids is 1. The van der Waals surface area contributed by atoms with Crippen LogP contribution in [0.25, 0.3) is 11.0 Å². The Morgan fingerprint density at radius 3 is 2.79 bits per heavy atom. The molecule has 0 aliphatic carbocycles. The van der Waals surface area contributed by atoms with Gasteiger partial charge in [0, 0.05) is 11.1 Å². The highest BCUT2D eigenvalue weighted by molar-refractivity contribution is 6.35. The monoisotopic (exact) mass is 211 g/mol. The van der Waals surface area contributed by atoms with E-state index < -0.39 is 5.97 Å². The molecular formula is C9H6ClNO3. The van der Waals surface area contributed by atoms with E-state index in [0.29, 0.717) is 21.7 Å². The molecule has 1 aromatic carbocycles. The van der Waals surface area contributed by atoms with Gasteiger partial charge in [0.2, 0.25) is 5.76 Å². The fraction of sp³-hybridized carbons (Fsp3) is 0. The van der Waals surface area contributed by atoms with Crippen LogP contribution in [0.15, 0.2) is 22.6 Å². The minimum Gasteiger partial charge on any atom is -0.475 e. The Kier molecular flexibility index (Phi) is 1.86. The number of hydrogen-bond acceptors (Lipinski definition) is 3. The number of aromatic carboxylic acids is 1. The summed E-state index contributed by atoms with van der Waals surface area (Å²) in [5, 5.41) is 9.58. The van der Waals surface area contributed by atoms with Crippen LogP contribution in [0.3, 0.4) is 0 Å². The van der Waals surface area contributed by atoms with Crippen LogP contribution in [0, 0.1) is 0 Å². The summed E-state index contributed by atoms with van der Waals surface area (Å²) in [5.41, 5.74) is 6.35. The van der Waals surface area contributed by atoms with Crippen molar-refractivity contribution in [1.29, 1.82) is 0 Å². The molecule has 3 N–H and O–H groups in total. The van der Waals surface area contributed by atoms with E-state index in [-0.39, 0.29) is 5.76 Å². The normalized spacial score (nSPS) is 10.6. The second kappa shape index (κ2) is 2.92. The number of halogens is 1. The van der Waals surface area contributed by atoms with Gasteiger partial charge in [-0.25, -0.2) is 4.79 Å². The highest BCUT2D eigenvalue weighted by atomic mass is 35.5. The van der Waals surface area contributed by atoms with Crippen LogP contribution in [0.5, 0.6) is 0 Å². The minimum atomic E-state index is -1.13. The summed E-state index contributed by atoms with van der Waals surface area (Å²) < 4.78 is 5.03. The van der Waals surface area contributed by atoms with Crippen LogP contribution in [-0.2, 0) is 0 Å². The summed E-state index contributed by atoms with van der Waals surface area (Å²) in [6.45, 7) is 0. The average Bonchev–Trinajstić information content (AvgIpc) is 2.47. The molecule has 0 saturated heterocycles. The number of rotatable bonds is 1. The van der Waals surface area contributed by atoms with Crippen molar-refractivity contribution < 1.29 is 14.3 Å². The Bertz CT molecular complexity index is 518. The van der Waals surface area contributed by atoms with Gasteiger partial charge in [-0.05, 0) is 18.2 Å². The van der Waals surface area contributed by atoms with E-state index in [1.54, 1.807) is 6.07 Å². The molecule has 14 heavy (non-hydrogen) atoms. The van der Waals surface area contributed by atoms with E-state index in [1.165, 1.54) is 12.1 Å². The molecule has 0 aliphatic heterocycles. The molecular weight excluding hydrogens is 206 g/mol. The Morgan fingerprint density at radius 1 is 1.43 bits per heavy atom. The van der Waals surface area contributed by atoms with Gasteiger partial charge in [-0.15, -0.1) is 0 Å². The van der Waals surface area contributed by atoms with Crippen molar-refractivity contribution >= 4 is 34.2 Å². The lowest BCUT2D eigenvalue weighted by atomic mass is 10.2. The standard InChI is InChI=1S/C9H6ClNO3/c10-6-3-5(11)1-4-2-7(9(12)13)14-8(4)6/h1-3H,11H2,(H,12,13). The molecule has 0 saturated carbocycles. The van der Waals surface area contributed by atoms with Crippen molar-refractivity contribution in [1.82, 2.24) is 0 Å². The lowest BCUT2D eigenvalue weighted by Gasteiger charge is -1.94. The number of anilines is 1. The summed E-state index contributed by atoms with van der Waals surface area (Å²) in [4.78, 5) is 10.6. The largest absolute Gasteiger partial charge is 0.475 e. The number of hydrogen-bond donors (Lipinski definition) is 2. The molecule has 0 unspecified atom stereocenters. The zero-order valence-corrected chi connectivity index (χ0v) is 7.71. The van der Waals surface area contributed by atoms with Gasteiger partial charge in [0.15, 0.2) is 5.58 Å². The predicted octanol–water partition coefficient (Wildman–Crippen LogP) is 2.37. The number of nitrogens with two attached hydrogens (primary N) is 1. The molecule has 0 amide bonds. The van der Waals surface area contributed by atoms with Gasteiger partial charge in [0.25, 0.3) is 0 Å².